The Labute approximate surface area is 122 Å². The van der Waals surface area contributed by atoms with Crippen molar-refractivity contribution >= 4 is 21.8 Å². The minimum Gasteiger partial charge on any atom is -0.492 e. The number of rotatable bonds is 7. The van der Waals surface area contributed by atoms with Crippen molar-refractivity contribution in [1.29, 1.82) is 5.41 Å². The van der Waals surface area contributed by atoms with E-state index in [1.807, 2.05) is 13.8 Å². The summed E-state index contributed by atoms with van der Waals surface area (Å²) in [7, 11) is 0. The monoisotopic (exact) mass is 330 g/mol. The number of nitrogens with two attached hydrogens (primary N) is 1. The molecule has 1 aromatic rings. The Balaban J connectivity index is 2.32. The van der Waals surface area contributed by atoms with Crippen LogP contribution < -0.4 is 10.5 Å². The molecule has 19 heavy (non-hydrogen) atoms. The normalized spacial score (nSPS) is 11.4. The van der Waals surface area contributed by atoms with Crippen LogP contribution in [-0.4, -0.2) is 12.4 Å². The molecule has 0 aliphatic heterocycles. The molecule has 0 amide bonds. The molecular weight excluding hydrogens is 311 g/mol. The number of nitrogens with one attached hydrogen (secondary N) is 1. The minimum absolute atomic E-state index is 0.210. The van der Waals surface area contributed by atoms with Gasteiger partial charge in [0.05, 0.1) is 16.9 Å². The average molecular weight is 331 g/mol. The van der Waals surface area contributed by atoms with Crippen molar-refractivity contribution < 1.29 is 9.13 Å². The lowest BCUT2D eigenvalue weighted by atomic mass is 9.86. The summed E-state index contributed by atoms with van der Waals surface area (Å²) >= 11 is 3.31. The number of hydrogen-bond donors (Lipinski definition) is 2. The Morgan fingerprint density at radius 2 is 2.11 bits per heavy atom. The molecule has 0 unspecified atom stereocenters. The van der Waals surface area contributed by atoms with E-state index in [2.05, 4.69) is 15.9 Å². The van der Waals surface area contributed by atoms with Crippen molar-refractivity contribution in [3.8, 4) is 5.75 Å². The van der Waals surface area contributed by atoms with E-state index in [1.54, 1.807) is 6.07 Å². The maximum atomic E-state index is 13.0. The van der Waals surface area contributed by atoms with Gasteiger partial charge in [-0.1, -0.05) is 13.8 Å². The van der Waals surface area contributed by atoms with Gasteiger partial charge in [-0.05, 0) is 47.3 Å². The topological polar surface area (TPSA) is 59.1 Å². The van der Waals surface area contributed by atoms with Crippen LogP contribution in [0.1, 0.15) is 33.1 Å². The fraction of sp³-hybridized carbons (Fsp3) is 0.500. The maximum Gasteiger partial charge on any atom is 0.136 e. The van der Waals surface area contributed by atoms with Crippen molar-refractivity contribution in [1.82, 2.24) is 0 Å². The molecule has 0 spiro atoms. The van der Waals surface area contributed by atoms with Gasteiger partial charge in [0.15, 0.2) is 0 Å². The van der Waals surface area contributed by atoms with Gasteiger partial charge in [-0.2, -0.15) is 0 Å². The summed E-state index contributed by atoms with van der Waals surface area (Å²) < 4.78 is 19.3. The molecule has 0 aromatic heterocycles. The summed E-state index contributed by atoms with van der Waals surface area (Å²) in [6, 6.07) is 4.37. The predicted molar refractivity (Wildman–Crippen MR) is 79.1 cm³/mol. The third-order valence-electron chi connectivity index (χ3n) is 3.08. The van der Waals surface area contributed by atoms with Gasteiger partial charge in [0.1, 0.15) is 11.6 Å². The predicted octanol–water partition coefficient (Wildman–Crippen LogP) is 4.10. The highest BCUT2D eigenvalue weighted by Crippen LogP contribution is 2.26. The van der Waals surface area contributed by atoms with E-state index in [0.29, 0.717) is 12.4 Å². The quantitative estimate of drug-likeness (QED) is 0.449. The molecule has 0 saturated carbocycles. The Kier molecular flexibility index (Phi) is 5.79. The van der Waals surface area contributed by atoms with E-state index in [-0.39, 0.29) is 17.1 Å². The molecule has 106 valence electrons. The molecule has 0 aliphatic carbocycles. The zero-order chi connectivity index (χ0) is 14.5. The van der Waals surface area contributed by atoms with Gasteiger partial charge < -0.3 is 10.5 Å². The van der Waals surface area contributed by atoms with Crippen LogP contribution in [0.25, 0.3) is 0 Å². The highest BCUT2D eigenvalue weighted by molar-refractivity contribution is 9.10. The number of unbranched alkanes of at least 4 members (excludes halogenated alkanes) is 1. The zero-order valence-corrected chi connectivity index (χ0v) is 12.9. The van der Waals surface area contributed by atoms with E-state index in [9.17, 15) is 4.39 Å². The molecule has 0 bridgehead atoms. The molecule has 0 atom stereocenters. The summed E-state index contributed by atoms with van der Waals surface area (Å²) in [6.45, 7) is 4.44. The maximum absolute atomic E-state index is 13.0. The van der Waals surface area contributed by atoms with Crippen molar-refractivity contribution in [3.05, 3.63) is 28.5 Å². The first-order valence-electron chi connectivity index (χ1n) is 6.25. The SMILES string of the molecule is CC(C)(CCCCOc1cc(F)ccc1Br)C(=N)N. The average Bonchev–Trinajstić information content (AvgIpc) is 2.32. The second-order valence-corrected chi connectivity index (χ2v) is 6.03. The largest absolute Gasteiger partial charge is 0.492 e. The van der Waals surface area contributed by atoms with Gasteiger partial charge in [0.2, 0.25) is 0 Å². The summed E-state index contributed by atoms with van der Waals surface area (Å²) in [4.78, 5) is 0. The van der Waals surface area contributed by atoms with Crippen LogP contribution in [0.2, 0.25) is 0 Å². The Hall–Kier alpha value is -1.10. The van der Waals surface area contributed by atoms with Gasteiger partial charge in [-0.3, -0.25) is 5.41 Å². The molecule has 1 aromatic carbocycles. The van der Waals surface area contributed by atoms with E-state index in [0.717, 1.165) is 23.7 Å². The number of hydrogen-bond acceptors (Lipinski definition) is 2. The van der Waals surface area contributed by atoms with Crippen LogP contribution in [0.5, 0.6) is 5.75 Å². The summed E-state index contributed by atoms with van der Waals surface area (Å²) in [5.41, 5.74) is 5.25. The van der Waals surface area contributed by atoms with Crippen molar-refractivity contribution in [2.24, 2.45) is 11.1 Å². The van der Waals surface area contributed by atoms with E-state index in [1.165, 1.54) is 12.1 Å². The lowest BCUT2D eigenvalue weighted by Gasteiger charge is -2.22. The molecule has 0 heterocycles. The third-order valence-corrected chi connectivity index (χ3v) is 3.73. The molecule has 5 heteroatoms. The zero-order valence-electron chi connectivity index (χ0n) is 11.3. The smallest absolute Gasteiger partial charge is 0.136 e. The van der Waals surface area contributed by atoms with Gasteiger partial charge in [0.25, 0.3) is 0 Å². The molecule has 0 aliphatic rings. The van der Waals surface area contributed by atoms with Crippen molar-refractivity contribution in [2.45, 2.75) is 33.1 Å². The van der Waals surface area contributed by atoms with Crippen LogP contribution >= 0.6 is 15.9 Å². The number of amidine groups is 1. The Bertz CT molecular complexity index is 449. The van der Waals surface area contributed by atoms with Gasteiger partial charge in [-0.15, -0.1) is 0 Å². The second kappa shape index (κ2) is 6.89. The van der Waals surface area contributed by atoms with Gasteiger partial charge >= 0.3 is 0 Å². The lowest BCUT2D eigenvalue weighted by molar-refractivity contribution is 0.293. The Morgan fingerprint density at radius 1 is 1.42 bits per heavy atom. The van der Waals surface area contributed by atoms with E-state index in [4.69, 9.17) is 15.9 Å². The first-order chi connectivity index (χ1) is 8.83. The number of benzene rings is 1. The first-order valence-corrected chi connectivity index (χ1v) is 7.04. The second-order valence-electron chi connectivity index (χ2n) is 5.18. The standard InChI is InChI=1S/C14H20BrFN2O/c1-14(2,13(17)18)7-3-4-8-19-12-9-10(16)5-6-11(12)15/h5-6,9H,3-4,7-8H2,1-2H3,(H3,17,18). The fourth-order valence-electron chi connectivity index (χ4n) is 1.57. The molecule has 3 N–H and O–H groups in total. The van der Waals surface area contributed by atoms with E-state index < -0.39 is 0 Å². The van der Waals surface area contributed by atoms with E-state index >= 15 is 0 Å². The number of halogens is 2. The van der Waals surface area contributed by atoms with Gasteiger partial charge in [-0.25, -0.2) is 4.39 Å². The minimum atomic E-state index is -0.309. The Morgan fingerprint density at radius 3 is 2.74 bits per heavy atom. The first kappa shape index (κ1) is 16.0. The summed E-state index contributed by atoms with van der Waals surface area (Å²) in [5.74, 6) is 0.419. The van der Waals surface area contributed by atoms with Crippen LogP contribution in [0.15, 0.2) is 22.7 Å². The van der Waals surface area contributed by atoms with Crippen LogP contribution in [0.3, 0.4) is 0 Å². The molecular formula is C14H20BrFN2O. The molecule has 0 fully saturated rings. The van der Waals surface area contributed by atoms with Crippen LogP contribution in [0, 0.1) is 16.6 Å². The van der Waals surface area contributed by atoms with Gasteiger partial charge in [0, 0.05) is 11.5 Å². The van der Waals surface area contributed by atoms with Crippen LogP contribution in [-0.2, 0) is 0 Å². The number of ether oxygens (including phenoxy) is 1. The van der Waals surface area contributed by atoms with Crippen molar-refractivity contribution in [3.63, 3.8) is 0 Å². The fourth-order valence-corrected chi connectivity index (χ4v) is 1.93. The molecule has 1 rings (SSSR count). The molecule has 3 nitrogen and oxygen atoms in total. The van der Waals surface area contributed by atoms with Crippen LogP contribution in [0.4, 0.5) is 4.39 Å². The summed E-state index contributed by atoms with van der Waals surface area (Å²) in [5, 5.41) is 7.46. The highest BCUT2D eigenvalue weighted by atomic mass is 79.9. The third kappa shape index (κ3) is 5.19. The lowest BCUT2D eigenvalue weighted by Crippen LogP contribution is -2.30. The molecule has 0 saturated heterocycles. The highest BCUT2D eigenvalue weighted by Gasteiger charge is 2.20. The van der Waals surface area contributed by atoms with Crippen molar-refractivity contribution in [2.75, 3.05) is 6.61 Å². The molecule has 0 radical (unpaired) electrons. The summed E-state index contributed by atoms with van der Waals surface area (Å²) in [6.07, 6.45) is 2.61.